The van der Waals surface area contributed by atoms with E-state index in [1.54, 1.807) is 0 Å². The first-order valence-electron chi connectivity index (χ1n) is 7.64. The number of guanidine groups is 1. The van der Waals surface area contributed by atoms with Crippen molar-refractivity contribution in [3.05, 3.63) is 0 Å². The van der Waals surface area contributed by atoms with Gasteiger partial charge in [-0.1, -0.05) is 6.92 Å². The van der Waals surface area contributed by atoms with Gasteiger partial charge in [0.1, 0.15) is 0 Å². The van der Waals surface area contributed by atoms with E-state index < -0.39 is 0 Å². The van der Waals surface area contributed by atoms with E-state index in [1.165, 1.54) is 6.42 Å². The Labute approximate surface area is 139 Å². The highest BCUT2D eigenvalue weighted by Crippen LogP contribution is 2.28. The summed E-state index contributed by atoms with van der Waals surface area (Å²) in [5.74, 6) is 1.79. The van der Waals surface area contributed by atoms with E-state index in [-0.39, 0.29) is 24.0 Å². The molecule has 0 spiro atoms. The normalized spacial score (nSPS) is 26.8. The second kappa shape index (κ2) is 9.78. The molecule has 0 bridgehead atoms. The van der Waals surface area contributed by atoms with Crippen molar-refractivity contribution in [1.82, 2.24) is 15.5 Å². The Morgan fingerprint density at radius 3 is 2.65 bits per heavy atom. The number of morpholine rings is 1. The Kier molecular flexibility index (Phi) is 8.79. The Morgan fingerprint density at radius 1 is 1.35 bits per heavy atom. The number of nitrogens with one attached hydrogen (secondary N) is 2. The second-order valence-corrected chi connectivity index (χ2v) is 5.53. The topological polar surface area (TPSA) is 48.9 Å². The summed E-state index contributed by atoms with van der Waals surface area (Å²) >= 11 is 0. The van der Waals surface area contributed by atoms with Crippen LogP contribution in [0.15, 0.2) is 4.99 Å². The largest absolute Gasteiger partial charge is 0.379 e. The average Bonchev–Trinajstić information content (AvgIpc) is 3.11. The molecule has 118 valence electrons. The van der Waals surface area contributed by atoms with Crippen molar-refractivity contribution in [2.75, 3.05) is 45.9 Å². The maximum absolute atomic E-state index is 5.35. The molecule has 0 radical (unpaired) electrons. The van der Waals surface area contributed by atoms with Crippen LogP contribution in [0.25, 0.3) is 0 Å². The van der Waals surface area contributed by atoms with Crippen molar-refractivity contribution in [2.45, 2.75) is 32.7 Å². The van der Waals surface area contributed by atoms with Crippen LogP contribution in [0.5, 0.6) is 0 Å². The molecular formula is C14H29IN4O. The van der Waals surface area contributed by atoms with Crippen LogP contribution < -0.4 is 10.6 Å². The summed E-state index contributed by atoms with van der Waals surface area (Å²) in [6.45, 7) is 11.3. The monoisotopic (exact) mass is 396 g/mol. The van der Waals surface area contributed by atoms with Gasteiger partial charge in [-0.3, -0.25) is 9.89 Å². The van der Waals surface area contributed by atoms with Gasteiger partial charge in [0.25, 0.3) is 0 Å². The number of ether oxygens (including phenoxy) is 1. The van der Waals surface area contributed by atoms with E-state index >= 15 is 0 Å². The van der Waals surface area contributed by atoms with E-state index in [9.17, 15) is 0 Å². The van der Waals surface area contributed by atoms with Gasteiger partial charge in [-0.25, -0.2) is 0 Å². The Morgan fingerprint density at radius 2 is 2.05 bits per heavy atom. The highest BCUT2D eigenvalue weighted by molar-refractivity contribution is 14.0. The van der Waals surface area contributed by atoms with Crippen molar-refractivity contribution in [3.63, 3.8) is 0 Å². The van der Waals surface area contributed by atoms with Gasteiger partial charge in [0.15, 0.2) is 5.96 Å². The van der Waals surface area contributed by atoms with Crippen LogP contribution in [0.1, 0.15) is 26.7 Å². The minimum absolute atomic E-state index is 0. The molecule has 2 atom stereocenters. The molecule has 2 N–H and O–H groups in total. The summed E-state index contributed by atoms with van der Waals surface area (Å²) in [7, 11) is 0. The molecule has 1 aliphatic carbocycles. The van der Waals surface area contributed by atoms with Crippen LogP contribution in [0.4, 0.5) is 0 Å². The predicted octanol–water partition coefficient (Wildman–Crippen LogP) is 1.29. The first-order valence-corrected chi connectivity index (χ1v) is 7.64. The summed E-state index contributed by atoms with van der Waals surface area (Å²) in [6.07, 6.45) is 2.40. The lowest BCUT2D eigenvalue weighted by Gasteiger charge is -2.26. The Hall–Kier alpha value is -0.0800. The zero-order chi connectivity index (χ0) is 13.5. The number of halogens is 1. The molecule has 0 amide bonds. The first-order chi connectivity index (χ1) is 9.29. The molecule has 20 heavy (non-hydrogen) atoms. The summed E-state index contributed by atoms with van der Waals surface area (Å²) < 4.78 is 5.35. The van der Waals surface area contributed by atoms with Crippen LogP contribution >= 0.6 is 24.0 Å². The fraction of sp³-hybridized carbons (Fsp3) is 0.929. The molecular weight excluding hydrogens is 367 g/mol. The lowest BCUT2D eigenvalue weighted by molar-refractivity contribution is 0.0377. The van der Waals surface area contributed by atoms with Gasteiger partial charge in [-0.05, 0) is 25.7 Å². The molecule has 0 aromatic carbocycles. The SMILES string of the molecule is CCNC(=NCCCN1CCOCC1)NC1CC1C.I. The lowest BCUT2D eigenvalue weighted by Crippen LogP contribution is -2.39. The predicted molar refractivity (Wildman–Crippen MR) is 94.0 cm³/mol. The van der Waals surface area contributed by atoms with E-state index in [0.29, 0.717) is 6.04 Å². The van der Waals surface area contributed by atoms with E-state index in [4.69, 9.17) is 4.74 Å². The number of rotatable bonds is 6. The van der Waals surface area contributed by atoms with Crippen LogP contribution in [-0.4, -0.2) is 62.8 Å². The highest BCUT2D eigenvalue weighted by Gasteiger charge is 2.33. The molecule has 2 rings (SSSR count). The molecule has 5 nitrogen and oxygen atoms in total. The minimum atomic E-state index is 0. The third-order valence-corrected chi connectivity index (χ3v) is 3.78. The molecule has 1 heterocycles. The smallest absolute Gasteiger partial charge is 0.191 e. The van der Waals surface area contributed by atoms with Gasteiger partial charge in [0, 0.05) is 38.8 Å². The summed E-state index contributed by atoms with van der Waals surface area (Å²) in [5, 5.41) is 6.80. The number of hydrogen-bond donors (Lipinski definition) is 2. The summed E-state index contributed by atoms with van der Waals surface area (Å²) in [5.41, 5.74) is 0. The van der Waals surface area contributed by atoms with Gasteiger partial charge < -0.3 is 15.4 Å². The van der Waals surface area contributed by atoms with Crippen molar-refractivity contribution < 1.29 is 4.74 Å². The fourth-order valence-corrected chi connectivity index (χ4v) is 2.33. The molecule has 1 aliphatic heterocycles. The van der Waals surface area contributed by atoms with Gasteiger partial charge in [-0.2, -0.15) is 0 Å². The molecule has 6 heteroatoms. The maximum atomic E-state index is 5.35. The molecule has 2 fully saturated rings. The minimum Gasteiger partial charge on any atom is -0.379 e. The number of nitrogens with zero attached hydrogens (tertiary/aromatic N) is 2. The zero-order valence-corrected chi connectivity index (χ0v) is 15.1. The third-order valence-electron chi connectivity index (χ3n) is 3.78. The van der Waals surface area contributed by atoms with Crippen LogP contribution in [0.3, 0.4) is 0 Å². The molecule has 1 saturated carbocycles. The highest BCUT2D eigenvalue weighted by atomic mass is 127. The van der Waals surface area contributed by atoms with Crippen LogP contribution in [0.2, 0.25) is 0 Å². The molecule has 1 saturated heterocycles. The van der Waals surface area contributed by atoms with Gasteiger partial charge in [0.05, 0.1) is 13.2 Å². The van der Waals surface area contributed by atoms with Crippen molar-refractivity contribution in [1.29, 1.82) is 0 Å². The van der Waals surface area contributed by atoms with Crippen molar-refractivity contribution in [3.8, 4) is 0 Å². The van der Waals surface area contributed by atoms with E-state index in [1.807, 2.05) is 0 Å². The molecule has 2 unspecified atom stereocenters. The van der Waals surface area contributed by atoms with E-state index in [0.717, 1.165) is 64.2 Å². The third kappa shape index (κ3) is 6.58. The Balaban J connectivity index is 0.00000200. The molecule has 2 aliphatic rings. The quantitative estimate of drug-likeness (QED) is 0.308. The average molecular weight is 396 g/mol. The summed E-state index contributed by atoms with van der Waals surface area (Å²) in [6, 6.07) is 0.636. The summed E-state index contributed by atoms with van der Waals surface area (Å²) in [4.78, 5) is 7.11. The number of hydrogen-bond acceptors (Lipinski definition) is 3. The second-order valence-electron chi connectivity index (χ2n) is 5.53. The molecule has 0 aromatic heterocycles. The fourth-order valence-electron chi connectivity index (χ4n) is 2.33. The van der Waals surface area contributed by atoms with E-state index in [2.05, 4.69) is 34.4 Å². The van der Waals surface area contributed by atoms with Gasteiger partial charge in [-0.15, -0.1) is 24.0 Å². The van der Waals surface area contributed by atoms with Crippen molar-refractivity contribution >= 4 is 29.9 Å². The van der Waals surface area contributed by atoms with Crippen molar-refractivity contribution in [2.24, 2.45) is 10.9 Å². The van der Waals surface area contributed by atoms with Gasteiger partial charge >= 0.3 is 0 Å². The lowest BCUT2D eigenvalue weighted by atomic mass is 10.3. The zero-order valence-electron chi connectivity index (χ0n) is 12.7. The molecule has 0 aromatic rings. The first kappa shape index (κ1) is 18.0. The number of aliphatic imine (C=N–C) groups is 1. The van der Waals surface area contributed by atoms with Crippen LogP contribution in [-0.2, 0) is 4.74 Å². The van der Waals surface area contributed by atoms with Gasteiger partial charge in [0.2, 0.25) is 0 Å². The van der Waals surface area contributed by atoms with Crippen LogP contribution in [0, 0.1) is 5.92 Å². The standard InChI is InChI=1S/C14H28N4O.HI/c1-3-15-14(17-13-11-12(13)2)16-5-4-6-18-7-9-19-10-8-18;/h12-13H,3-11H2,1-2H3,(H2,15,16,17);1H. The Bertz CT molecular complexity index is 295. The maximum Gasteiger partial charge on any atom is 0.191 e.